The average Bonchev–Trinajstić information content (AvgIpc) is 2.53. The van der Waals surface area contributed by atoms with Gasteiger partial charge in [-0.25, -0.2) is 13.1 Å². The highest BCUT2D eigenvalue weighted by Gasteiger charge is 2.03. The van der Waals surface area contributed by atoms with Crippen LogP contribution < -0.4 is 4.72 Å². The van der Waals surface area contributed by atoms with Crippen molar-refractivity contribution in [1.82, 2.24) is 4.72 Å². The van der Waals surface area contributed by atoms with Crippen molar-refractivity contribution >= 4 is 10.0 Å². The first-order chi connectivity index (χ1) is 5.64. The van der Waals surface area contributed by atoms with E-state index in [1.807, 2.05) is 0 Å². The fraction of sp³-hybridized carbons (Fsp3) is 0.143. The van der Waals surface area contributed by atoms with Gasteiger partial charge in [0.25, 0.3) is 0 Å². The van der Waals surface area contributed by atoms with Crippen LogP contribution in [0.4, 0.5) is 0 Å². The second-order valence-corrected chi connectivity index (χ2v) is 3.82. The Morgan fingerprint density at radius 3 is 2.92 bits per heavy atom. The summed E-state index contributed by atoms with van der Waals surface area (Å²) in [7, 11) is -3.34. The molecule has 0 bridgehead atoms. The molecule has 0 unspecified atom stereocenters. The van der Waals surface area contributed by atoms with Crippen LogP contribution in [0.25, 0.3) is 0 Å². The minimum Gasteiger partial charge on any atom is -0.468 e. The summed E-state index contributed by atoms with van der Waals surface area (Å²) >= 11 is 0. The number of rotatable bonds is 4. The molecule has 1 aromatic heterocycles. The molecule has 4 nitrogen and oxygen atoms in total. The molecule has 1 heterocycles. The zero-order chi connectivity index (χ0) is 9.03. The van der Waals surface area contributed by atoms with Crippen LogP contribution in [0.2, 0.25) is 0 Å². The summed E-state index contributed by atoms with van der Waals surface area (Å²) < 4.78 is 28.8. The molecule has 1 aromatic rings. The maximum absolute atomic E-state index is 10.8. The van der Waals surface area contributed by atoms with Crippen molar-refractivity contribution in [2.24, 2.45) is 0 Å². The van der Waals surface area contributed by atoms with Gasteiger partial charge in [-0.2, -0.15) is 0 Å². The van der Waals surface area contributed by atoms with Gasteiger partial charge < -0.3 is 4.42 Å². The van der Waals surface area contributed by atoms with Crippen LogP contribution in [0.5, 0.6) is 0 Å². The quantitative estimate of drug-likeness (QED) is 0.759. The number of furan rings is 1. The lowest BCUT2D eigenvalue weighted by molar-refractivity contribution is 0.500. The lowest BCUT2D eigenvalue weighted by Gasteiger charge is -1.97. The fourth-order valence-corrected chi connectivity index (χ4v) is 1.11. The van der Waals surface area contributed by atoms with E-state index in [1.165, 1.54) is 6.26 Å². The van der Waals surface area contributed by atoms with E-state index < -0.39 is 10.0 Å². The molecule has 12 heavy (non-hydrogen) atoms. The van der Waals surface area contributed by atoms with Gasteiger partial charge in [0.05, 0.1) is 12.8 Å². The SMILES string of the molecule is C=CS(=O)(=O)NCc1ccco1. The van der Waals surface area contributed by atoms with Crippen LogP contribution in [0, 0.1) is 0 Å². The van der Waals surface area contributed by atoms with E-state index in [9.17, 15) is 8.42 Å². The molecule has 0 fully saturated rings. The van der Waals surface area contributed by atoms with E-state index in [-0.39, 0.29) is 6.54 Å². The Bertz CT molecular complexity index is 339. The lowest BCUT2D eigenvalue weighted by atomic mass is 10.5. The first kappa shape index (κ1) is 9.02. The summed E-state index contributed by atoms with van der Waals surface area (Å²) in [5.41, 5.74) is 0. The molecule has 0 atom stereocenters. The molecule has 66 valence electrons. The van der Waals surface area contributed by atoms with Crippen LogP contribution in [-0.4, -0.2) is 8.42 Å². The second kappa shape index (κ2) is 3.55. The molecule has 0 aromatic carbocycles. The van der Waals surface area contributed by atoms with E-state index in [1.54, 1.807) is 12.1 Å². The smallest absolute Gasteiger partial charge is 0.233 e. The van der Waals surface area contributed by atoms with Gasteiger partial charge in [-0.05, 0) is 12.1 Å². The Balaban J connectivity index is 2.52. The largest absolute Gasteiger partial charge is 0.468 e. The molecule has 1 rings (SSSR count). The van der Waals surface area contributed by atoms with Crippen molar-refractivity contribution in [1.29, 1.82) is 0 Å². The summed E-state index contributed by atoms with van der Waals surface area (Å²) in [6, 6.07) is 3.38. The van der Waals surface area contributed by atoms with Crippen LogP contribution in [0.15, 0.2) is 34.8 Å². The average molecular weight is 187 g/mol. The van der Waals surface area contributed by atoms with Gasteiger partial charge >= 0.3 is 0 Å². The molecule has 0 aliphatic heterocycles. The standard InChI is InChI=1S/C7H9NO3S/c1-2-12(9,10)8-6-7-4-3-5-11-7/h2-5,8H,1,6H2. The number of hydrogen-bond donors (Lipinski definition) is 1. The van der Waals surface area contributed by atoms with Gasteiger partial charge in [0.2, 0.25) is 10.0 Å². The highest BCUT2D eigenvalue weighted by atomic mass is 32.2. The van der Waals surface area contributed by atoms with Gasteiger partial charge in [0.15, 0.2) is 0 Å². The third-order valence-corrected chi connectivity index (χ3v) is 2.23. The van der Waals surface area contributed by atoms with Crippen molar-refractivity contribution < 1.29 is 12.8 Å². The van der Waals surface area contributed by atoms with E-state index in [2.05, 4.69) is 11.3 Å². The Kier molecular flexibility index (Phi) is 2.67. The van der Waals surface area contributed by atoms with Crippen molar-refractivity contribution in [2.45, 2.75) is 6.54 Å². The number of nitrogens with one attached hydrogen (secondary N) is 1. The molecule has 0 amide bonds. The lowest BCUT2D eigenvalue weighted by Crippen LogP contribution is -2.19. The van der Waals surface area contributed by atoms with Gasteiger partial charge in [-0.3, -0.25) is 0 Å². The molecule has 0 spiro atoms. The van der Waals surface area contributed by atoms with Gasteiger partial charge in [-0.15, -0.1) is 0 Å². The second-order valence-electron chi connectivity index (χ2n) is 2.11. The van der Waals surface area contributed by atoms with Gasteiger partial charge in [-0.1, -0.05) is 6.58 Å². The zero-order valence-electron chi connectivity index (χ0n) is 6.36. The molecule has 0 saturated carbocycles. The minimum absolute atomic E-state index is 0.154. The van der Waals surface area contributed by atoms with E-state index in [0.29, 0.717) is 5.76 Å². The van der Waals surface area contributed by atoms with Crippen molar-refractivity contribution in [3.05, 3.63) is 36.1 Å². The van der Waals surface area contributed by atoms with Crippen LogP contribution >= 0.6 is 0 Å². The molecule has 0 radical (unpaired) electrons. The summed E-state index contributed by atoms with van der Waals surface area (Å²) in [5.74, 6) is 0.570. The van der Waals surface area contributed by atoms with E-state index in [4.69, 9.17) is 4.42 Å². The molecular formula is C7H9NO3S. The van der Waals surface area contributed by atoms with Gasteiger partial charge in [0, 0.05) is 5.41 Å². The van der Waals surface area contributed by atoms with Crippen molar-refractivity contribution in [2.75, 3.05) is 0 Å². The van der Waals surface area contributed by atoms with Gasteiger partial charge in [0.1, 0.15) is 5.76 Å². The van der Waals surface area contributed by atoms with Crippen LogP contribution in [-0.2, 0) is 16.6 Å². The molecule has 5 heteroatoms. The van der Waals surface area contributed by atoms with Crippen LogP contribution in [0.3, 0.4) is 0 Å². The fourth-order valence-electron chi connectivity index (χ4n) is 0.644. The highest BCUT2D eigenvalue weighted by molar-refractivity contribution is 7.92. The Hall–Kier alpha value is -1.07. The van der Waals surface area contributed by atoms with Crippen LogP contribution in [0.1, 0.15) is 5.76 Å². The van der Waals surface area contributed by atoms with E-state index >= 15 is 0 Å². The zero-order valence-corrected chi connectivity index (χ0v) is 7.17. The number of hydrogen-bond acceptors (Lipinski definition) is 3. The van der Waals surface area contributed by atoms with Crippen molar-refractivity contribution in [3.8, 4) is 0 Å². The van der Waals surface area contributed by atoms with E-state index in [0.717, 1.165) is 5.41 Å². The number of sulfonamides is 1. The third kappa shape index (κ3) is 2.52. The topological polar surface area (TPSA) is 59.3 Å². The summed E-state index contributed by atoms with van der Waals surface area (Å²) in [6.45, 7) is 3.31. The molecule has 0 aliphatic carbocycles. The molecule has 1 N–H and O–H groups in total. The first-order valence-electron chi connectivity index (χ1n) is 3.28. The third-order valence-electron chi connectivity index (χ3n) is 1.25. The summed E-state index contributed by atoms with van der Waals surface area (Å²) in [4.78, 5) is 0. The first-order valence-corrected chi connectivity index (χ1v) is 4.83. The predicted molar refractivity (Wildman–Crippen MR) is 44.7 cm³/mol. The molecule has 0 aliphatic rings. The van der Waals surface area contributed by atoms with Crippen molar-refractivity contribution in [3.63, 3.8) is 0 Å². The Labute approximate surface area is 70.9 Å². The minimum atomic E-state index is -3.34. The Morgan fingerprint density at radius 2 is 2.42 bits per heavy atom. The maximum atomic E-state index is 10.8. The highest BCUT2D eigenvalue weighted by Crippen LogP contribution is 1.99. The maximum Gasteiger partial charge on any atom is 0.233 e. The monoisotopic (exact) mass is 187 g/mol. The molecule has 0 saturated heterocycles. The summed E-state index contributed by atoms with van der Waals surface area (Å²) in [5, 5.41) is 0.857. The predicted octanol–water partition coefficient (Wildman–Crippen LogP) is 0.843. The summed E-state index contributed by atoms with van der Waals surface area (Å²) in [6.07, 6.45) is 1.48. The normalized spacial score (nSPS) is 11.3. The Morgan fingerprint density at radius 1 is 1.67 bits per heavy atom. The molecular weight excluding hydrogens is 178 g/mol.